The van der Waals surface area contributed by atoms with E-state index in [-0.39, 0.29) is 0 Å². The van der Waals surface area contributed by atoms with Crippen molar-refractivity contribution < 1.29 is 14.6 Å². The van der Waals surface area contributed by atoms with Crippen molar-refractivity contribution in [2.75, 3.05) is 6.61 Å². The first-order valence-corrected chi connectivity index (χ1v) is 3.54. The van der Waals surface area contributed by atoms with Gasteiger partial charge in [0.15, 0.2) is 6.10 Å². The summed E-state index contributed by atoms with van der Waals surface area (Å²) in [5.41, 5.74) is 0. The Hall–Kier alpha value is -0.570. The second-order valence-electron chi connectivity index (χ2n) is 2.03. The van der Waals surface area contributed by atoms with Crippen molar-refractivity contribution >= 4 is 5.97 Å². The minimum atomic E-state index is -1.18. The Morgan fingerprint density at radius 2 is 2.10 bits per heavy atom. The third-order valence-electron chi connectivity index (χ3n) is 1.10. The summed E-state index contributed by atoms with van der Waals surface area (Å²) in [5, 5.41) is 10.7. The molecule has 0 saturated carbocycles. The lowest BCUT2D eigenvalue weighted by atomic mass is 10.2. The zero-order valence-corrected chi connectivity index (χ0v) is 6.42. The molecule has 0 rings (SSSR count). The summed E-state index contributed by atoms with van der Waals surface area (Å²) in [4.78, 5) is 10.6. The summed E-state index contributed by atoms with van der Waals surface area (Å²) < 4.78 is 4.50. The molecule has 1 atom stereocenters. The quantitative estimate of drug-likeness (QED) is 0.557. The molecule has 0 fully saturated rings. The van der Waals surface area contributed by atoms with E-state index in [9.17, 15) is 9.90 Å². The summed E-state index contributed by atoms with van der Waals surface area (Å²) in [5.74, 6) is -0.621. The summed E-state index contributed by atoms with van der Waals surface area (Å²) in [6, 6.07) is 0. The van der Waals surface area contributed by atoms with Crippen molar-refractivity contribution in [2.24, 2.45) is 0 Å². The molecule has 0 aromatic carbocycles. The summed E-state index contributed by atoms with van der Waals surface area (Å²) >= 11 is 0. The predicted molar refractivity (Wildman–Crippen MR) is 36.0 cm³/mol. The van der Waals surface area contributed by atoms with Crippen LogP contribution in [-0.2, 0) is 14.6 Å². The van der Waals surface area contributed by atoms with E-state index >= 15 is 0 Å². The first-order chi connectivity index (χ1) is 4.72. The van der Waals surface area contributed by atoms with Crippen LogP contribution in [-0.4, -0.2) is 18.7 Å². The Morgan fingerprint density at radius 1 is 1.50 bits per heavy atom. The highest BCUT2D eigenvalue weighted by Crippen LogP contribution is 1.98. The van der Waals surface area contributed by atoms with Gasteiger partial charge in [-0.3, -0.25) is 0 Å². The van der Waals surface area contributed by atoms with E-state index in [0.29, 0.717) is 13.0 Å². The maximum atomic E-state index is 10.7. The number of hydrogen-bond donors (Lipinski definition) is 0. The first kappa shape index (κ1) is 9.43. The molecule has 59 valence electrons. The van der Waals surface area contributed by atoms with Crippen LogP contribution in [0.15, 0.2) is 0 Å². The van der Waals surface area contributed by atoms with Crippen LogP contribution in [0.5, 0.6) is 0 Å². The van der Waals surface area contributed by atoms with E-state index in [2.05, 4.69) is 4.74 Å². The first-order valence-electron chi connectivity index (χ1n) is 3.54. The van der Waals surface area contributed by atoms with Gasteiger partial charge in [0.1, 0.15) is 0 Å². The average molecular weight is 145 g/mol. The van der Waals surface area contributed by atoms with Crippen molar-refractivity contribution in [3.05, 3.63) is 0 Å². The number of hydrogen-bond acceptors (Lipinski definition) is 2. The molecular weight excluding hydrogens is 132 g/mol. The monoisotopic (exact) mass is 145 g/mol. The van der Waals surface area contributed by atoms with Crippen LogP contribution in [0.2, 0.25) is 0 Å². The van der Waals surface area contributed by atoms with Gasteiger partial charge in [-0.1, -0.05) is 13.3 Å². The fourth-order valence-electron chi connectivity index (χ4n) is 0.615. The number of esters is 1. The van der Waals surface area contributed by atoms with Crippen LogP contribution in [0.3, 0.4) is 0 Å². The van der Waals surface area contributed by atoms with Gasteiger partial charge in [0.05, 0.1) is 6.61 Å². The average Bonchev–Trinajstić information content (AvgIpc) is 1.89. The smallest absolute Gasteiger partial charge is 0.338 e. The third-order valence-corrected chi connectivity index (χ3v) is 1.10. The van der Waals surface area contributed by atoms with Gasteiger partial charge < -0.3 is 4.74 Å². The predicted octanol–water partition coefficient (Wildman–Crippen LogP) is 1.15. The molecule has 0 bridgehead atoms. The summed E-state index contributed by atoms with van der Waals surface area (Å²) in [7, 11) is 0. The standard InChI is InChI=1S/C7H13O3/c1-3-5-6(8)7(9)10-4-2/h6H,3-5H2,1-2H3. The van der Waals surface area contributed by atoms with Crippen molar-refractivity contribution in [1.29, 1.82) is 0 Å². The fraction of sp³-hybridized carbons (Fsp3) is 0.857. The second kappa shape index (κ2) is 5.23. The van der Waals surface area contributed by atoms with Crippen LogP contribution in [0.1, 0.15) is 26.7 Å². The van der Waals surface area contributed by atoms with Crippen LogP contribution in [0, 0.1) is 0 Å². The van der Waals surface area contributed by atoms with E-state index < -0.39 is 12.1 Å². The third kappa shape index (κ3) is 3.45. The molecule has 0 amide bonds. The largest absolute Gasteiger partial charge is 0.464 e. The summed E-state index contributed by atoms with van der Waals surface area (Å²) in [6.45, 7) is 3.85. The maximum Gasteiger partial charge on any atom is 0.338 e. The second-order valence-corrected chi connectivity index (χ2v) is 2.03. The van der Waals surface area contributed by atoms with Crippen molar-refractivity contribution in [3.8, 4) is 0 Å². The lowest BCUT2D eigenvalue weighted by Crippen LogP contribution is -2.21. The van der Waals surface area contributed by atoms with Gasteiger partial charge in [-0.2, -0.15) is 0 Å². The van der Waals surface area contributed by atoms with Crippen LogP contribution in [0.25, 0.3) is 0 Å². The van der Waals surface area contributed by atoms with Crippen LogP contribution >= 0.6 is 0 Å². The Kier molecular flexibility index (Phi) is 4.94. The van der Waals surface area contributed by atoms with Gasteiger partial charge >= 0.3 is 5.97 Å². The molecule has 0 aromatic rings. The lowest BCUT2D eigenvalue weighted by Gasteiger charge is -2.04. The van der Waals surface area contributed by atoms with Gasteiger partial charge in [0.25, 0.3) is 0 Å². The summed E-state index contributed by atoms with van der Waals surface area (Å²) in [6.07, 6.45) is -0.0730. The molecule has 0 aliphatic carbocycles. The zero-order chi connectivity index (χ0) is 7.98. The Labute approximate surface area is 61.0 Å². The van der Waals surface area contributed by atoms with Crippen molar-refractivity contribution in [3.63, 3.8) is 0 Å². The zero-order valence-electron chi connectivity index (χ0n) is 6.42. The van der Waals surface area contributed by atoms with E-state index in [4.69, 9.17) is 0 Å². The minimum Gasteiger partial charge on any atom is -0.464 e. The van der Waals surface area contributed by atoms with Gasteiger partial charge in [0.2, 0.25) is 0 Å². The number of carbonyl (C=O) groups is 1. The van der Waals surface area contributed by atoms with E-state index in [0.717, 1.165) is 6.42 Å². The molecule has 3 heteroatoms. The SMILES string of the molecule is CCCC([O])C(=O)OCC. The number of carbonyl (C=O) groups excluding carboxylic acids is 1. The maximum absolute atomic E-state index is 10.7. The molecule has 0 heterocycles. The van der Waals surface area contributed by atoms with E-state index in [1.807, 2.05) is 6.92 Å². The highest BCUT2D eigenvalue weighted by molar-refractivity contribution is 5.74. The molecule has 3 nitrogen and oxygen atoms in total. The molecule has 0 aliphatic heterocycles. The molecule has 1 unspecified atom stereocenters. The van der Waals surface area contributed by atoms with Crippen molar-refractivity contribution in [2.45, 2.75) is 32.8 Å². The van der Waals surface area contributed by atoms with Gasteiger partial charge in [0, 0.05) is 0 Å². The normalized spacial score (nSPS) is 12.7. The Morgan fingerprint density at radius 3 is 2.50 bits per heavy atom. The Balaban J connectivity index is 3.49. The molecule has 0 aromatic heterocycles. The van der Waals surface area contributed by atoms with Crippen LogP contribution < -0.4 is 0 Å². The highest BCUT2D eigenvalue weighted by Gasteiger charge is 2.15. The molecule has 1 radical (unpaired) electrons. The van der Waals surface area contributed by atoms with Gasteiger partial charge in [-0.05, 0) is 13.3 Å². The molecule has 0 aliphatic rings. The molecular formula is C7H13O3. The molecule has 0 spiro atoms. The highest BCUT2D eigenvalue weighted by atomic mass is 16.5. The van der Waals surface area contributed by atoms with Crippen LogP contribution in [0.4, 0.5) is 0 Å². The minimum absolute atomic E-state index is 0.293. The van der Waals surface area contributed by atoms with Crippen molar-refractivity contribution in [1.82, 2.24) is 0 Å². The fourth-order valence-corrected chi connectivity index (χ4v) is 0.615. The lowest BCUT2D eigenvalue weighted by molar-refractivity contribution is -0.157. The number of rotatable bonds is 4. The number of ether oxygens (including phenoxy) is 1. The van der Waals surface area contributed by atoms with E-state index in [1.54, 1.807) is 6.92 Å². The van der Waals surface area contributed by atoms with E-state index in [1.165, 1.54) is 0 Å². The molecule has 0 saturated heterocycles. The van der Waals surface area contributed by atoms with Gasteiger partial charge in [-0.25, -0.2) is 9.90 Å². The topological polar surface area (TPSA) is 46.2 Å². The molecule has 10 heavy (non-hydrogen) atoms. The molecule has 0 N–H and O–H groups in total. The Bertz CT molecular complexity index is 101. The van der Waals surface area contributed by atoms with Gasteiger partial charge in [-0.15, -0.1) is 0 Å².